The van der Waals surface area contributed by atoms with Gasteiger partial charge in [0, 0.05) is 11.3 Å². The summed E-state index contributed by atoms with van der Waals surface area (Å²) in [5.41, 5.74) is 7.24. The number of carbonyl (C=O) groups is 1. The number of hydrogen-bond acceptors (Lipinski definition) is 4. The van der Waals surface area contributed by atoms with Crippen LogP contribution in [-0.2, 0) is 9.53 Å². The Morgan fingerprint density at radius 3 is 2.68 bits per heavy atom. The minimum atomic E-state index is -0.318. The van der Waals surface area contributed by atoms with E-state index in [1.54, 1.807) is 0 Å². The average molecular weight is 278 g/mol. The normalized spacial score (nSPS) is 12.3. The molecule has 19 heavy (non-hydrogen) atoms. The molecule has 0 atom stereocenters. The van der Waals surface area contributed by atoms with Crippen molar-refractivity contribution in [2.24, 2.45) is 10.7 Å². The molecular formula is C14H18N2O2S. The molecule has 0 heterocycles. The summed E-state index contributed by atoms with van der Waals surface area (Å²) in [7, 11) is 1.37. The first kappa shape index (κ1) is 15.3. The van der Waals surface area contributed by atoms with Crippen molar-refractivity contribution in [2.75, 3.05) is 12.9 Å². The molecule has 2 N–H and O–H groups in total. The highest BCUT2D eigenvalue weighted by atomic mass is 32.2. The number of nitrogens with two attached hydrogens (primary N) is 1. The SMILES string of the molecule is CC/C=C(\CSC(N)=Nc1ccccc1)C(=O)OC. The van der Waals surface area contributed by atoms with Crippen molar-refractivity contribution in [1.82, 2.24) is 0 Å². The number of nitrogens with zero attached hydrogens (tertiary/aromatic N) is 1. The summed E-state index contributed by atoms with van der Waals surface area (Å²) in [5, 5.41) is 0.428. The van der Waals surface area contributed by atoms with Crippen molar-refractivity contribution < 1.29 is 9.53 Å². The van der Waals surface area contributed by atoms with Crippen molar-refractivity contribution in [3.05, 3.63) is 42.0 Å². The van der Waals surface area contributed by atoms with E-state index in [-0.39, 0.29) is 5.97 Å². The van der Waals surface area contributed by atoms with Crippen LogP contribution < -0.4 is 5.73 Å². The highest BCUT2D eigenvalue weighted by molar-refractivity contribution is 8.14. The molecule has 1 aromatic carbocycles. The van der Waals surface area contributed by atoms with E-state index >= 15 is 0 Å². The van der Waals surface area contributed by atoms with Gasteiger partial charge in [0.2, 0.25) is 0 Å². The maximum atomic E-state index is 11.5. The van der Waals surface area contributed by atoms with Gasteiger partial charge in [-0.15, -0.1) is 0 Å². The molecule has 0 unspecified atom stereocenters. The van der Waals surface area contributed by atoms with Crippen LogP contribution in [0, 0.1) is 0 Å². The summed E-state index contributed by atoms with van der Waals surface area (Å²) < 4.78 is 4.71. The van der Waals surface area contributed by atoms with E-state index in [9.17, 15) is 4.79 Å². The molecule has 0 aliphatic carbocycles. The Hall–Kier alpha value is -1.75. The number of amidine groups is 1. The van der Waals surface area contributed by atoms with Gasteiger partial charge in [-0.25, -0.2) is 9.79 Å². The van der Waals surface area contributed by atoms with Gasteiger partial charge in [0.1, 0.15) is 0 Å². The summed E-state index contributed by atoms with van der Waals surface area (Å²) in [4.78, 5) is 15.7. The zero-order chi connectivity index (χ0) is 14.1. The monoisotopic (exact) mass is 278 g/mol. The fourth-order valence-corrected chi connectivity index (χ4v) is 2.10. The molecule has 0 aliphatic heterocycles. The standard InChI is InChI=1S/C14H18N2O2S/c1-3-7-11(13(17)18-2)10-19-14(15)16-12-8-5-4-6-9-12/h4-9H,3,10H2,1-2H3,(H2,15,16)/b11-7+. The zero-order valence-corrected chi connectivity index (χ0v) is 11.9. The Morgan fingerprint density at radius 2 is 2.11 bits per heavy atom. The molecule has 1 aromatic rings. The van der Waals surface area contributed by atoms with Crippen LogP contribution in [0.1, 0.15) is 13.3 Å². The predicted molar refractivity (Wildman–Crippen MR) is 80.6 cm³/mol. The van der Waals surface area contributed by atoms with Crippen LogP contribution in [-0.4, -0.2) is 24.0 Å². The maximum Gasteiger partial charge on any atom is 0.334 e. The van der Waals surface area contributed by atoms with Crippen molar-refractivity contribution in [3.8, 4) is 0 Å². The van der Waals surface area contributed by atoms with Crippen LogP contribution in [0.15, 0.2) is 47.0 Å². The highest BCUT2D eigenvalue weighted by Crippen LogP contribution is 2.15. The van der Waals surface area contributed by atoms with Gasteiger partial charge in [-0.1, -0.05) is 43.0 Å². The molecule has 0 fully saturated rings. The van der Waals surface area contributed by atoms with Crippen LogP contribution in [0.4, 0.5) is 5.69 Å². The van der Waals surface area contributed by atoms with Gasteiger partial charge in [0.05, 0.1) is 12.8 Å². The fourth-order valence-electron chi connectivity index (χ4n) is 1.39. The summed E-state index contributed by atoms with van der Waals surface area (Å²) in [6, 6.07) is 9.45. The van der Waals surface area contributed by atoms with Crippen LogP contribution >= 0.6 is 11.8 Å². The molecule has 5 heteroatoms. The van der Waals surface area contributed by atoms with Gasteiger partial charge >= 0.3 is 5.97 Å². The van der Waals surface area contributed by atoms with Gasteiger partial charge in [0.15, 0.2) is 5.17 Å². The Labute approximate surface area is 117 Å². The summed E-state index contributed by atoms with van der Waals surface area (Å²) in [5.74, 6) is 0.143. The van der Waals surface area contributed by atoms with Crippen LogP contribution in [0.2, 0.25) is 0 Å². The number of carbonyl (C=O) groups excluding carboxylic acids is 1. The Balaban J connectivity index is 2.62. The molecule has 4 nitrogen and oxygen atoms in total. The first-order valence-corrected chi connectivity index (χ1v) is 6.95. The Kier molecular flexibility index (Phi) is 6.74. The smallest absolute Gasteiger partial charge is 0.334 e. The van der Waals surface area contributed by atoms with E-state index < -0.39 is 0 Å². The summed E-state index contributed by atoms with van der Waals surface area (Å²) in [6.07, 6.45) is 2.62. The molecule has 0 spiro atoms. The van der Waals surface area contributed by atoms with E-state index in [1.165, 1.54) is 18.9 Å². The van der Waals surface area contributed by atoms with Crippen molar-refractivity contribution in [2.45, 2.75) is 13.3 Å². The number of methoxy groups -OCH3 is 1. The van der Waals surface area contributed by atoms with E-state index in [2.05, 4.69) is 4.99 Å². The molecule has 0 aromatic heterocycles. The molecular weight excluding hydrogens is 260 g/mol. The van der Waals surface area contributed by atoms with Crippen LogP contribution in [0.3, 0.4) is 0 Å². The van der Waals surface area contributed by atoms with E-state index in [1.807, 2.05) is 43.3 Å². The fraction of sp³-hybridized carbons (Fsp3) is 0.286. The topological polar surface area (TPSA) is 64.7 Å². The van der Waals surface area contributed by atoms with Crippen LogP contribution in [0.25, 0.3) is 0 Å². The minimum absolute atomic E-state index is 0.318. The molecule has 0 amide bonds. The van der Waals surface area contributed by atoms with Gasteiger partial charge in [-0.3, -0.25) is 0 Å². The van der Waals surface area contributed by atoms with E-state index in [4.69, 9.17) is 10.5 Å². The molecule has 102 valence electrons. The quantitative estimate of drug-likeness (QED) is 0.389. The van der Waals surface area contributed by atoms with E-state index in [0.717, 1.165) is 12.1 Å². The Morgan fingerprint density at radius 1 is 1.42 bits per heavy atom. The number of hydrogen-bond donors (Lipinski definition) is 1. The molecule has 1 rings (SSSR count). The largest absolute Gasteiger partial charge is 0.466 e. The van der Waals surface area contributed by atoms with Crippen molar-refractivity contribution in [1.29, 1.82) is 0 Å². The second kappa shape index (κ2) is 8.37. The first-order chi connectivity index (χ1) is 9.17. The van der Waals surface area contributed by atoms with Gasteiger partial charge in [0.25, 0.3) is 0 Å². The number of aliphatic imine (C=N–C) groups is 1. The molecule has 0 saturated carbocycles. The lowest BCUT2D eigenvalue weighted by atomic mass is 10.2. The number of allylic oxidation sites excluding steroid dienone is 1. The molecule has 0 saturated heterocycles. The van der Waals surface area contributed by atoms with Crippen molar-refractivity contribution >= 4 is 28.6 Å². The zero-order valence-electron chi connectivity index (χ0n) is 11.1. The number of ether oxygens (including phenoxy) is 1. The second-order valence-corrected chi connectivity index (χ2v) is 4.70. The third kappa shape index (κ3) is 5.61. The minimum Gasteiger partial charge on any atom is -0.466 e. The first-order valence-electron chi connectivity index (χ1n) is 5.96. The third-order valence-electron chi connectivity index (χ3n) is 2.27. The predicted octanol–water partition coefficient (Wildman–Crippen LogP) is 2.88. The lowest BCUT2D eigenvalue weighted by Gasteiger charge is -2.05. The third-order valence-corrected chi connectivity index (χ3v) is 3.11. The van der Waals surface area contributed by atoms with Gasteiger partial charge in [-0.05, 0) is 18.6 Å². The number of benzene rings is 1. The molecule has 0 radical (unpaired) electrons. The van der Waals surface area contributed by atoms with Crippen molar-refractivity contribution in [3.63, 3.8) is 0 Å². The molecule has 0 bridgehead atoms. The number of esters is 1. The lowest BCUT2D eigenvalue weighted by Crippen LogP contribution is -2.12. The number of rotatable bonds is 5. The maximum absolute atomic E-state index is 11.5. The number of thioether (sulfide) groups is 1. The number of para-hydroxylation sites is 1. The summed E-state index contributed by atoms with van der Waals surface area (Å²) in [6.45, 7) is 1.97. The van der Waals surface area contributed by atoms with Gasteiger partial charge < -0.3 is 10.5 Å². The van der Waals surface area contributed by atoms with E-state index in [0.29, 0.717) is 16.5 Å². The Bertz CT molecular complexity index is 470. The summed E-state index contributed by atoms with van der Waals surface area (Å²) >= 11 is 1.32. The van der Waals surface area contributed by atoms with Gasteiger partial charge in [-0.2, -0.15) is 0 Å². The highest BCUT2D eigenvalue weighted by Gasteiger charge is 2.09. The average Bonchev–Trinajstić information content (AvgIpc) is 2.43. The van der Waals surface area contributed by atoms with Crippen LogP contribution in [0.5, 0.6) is 0 Å². The molecule has 0 aliphatic rings. The lowest BCUT2D eigenvalue weighted by molar-refractivity contribution is -0.136. The second-order valence-electron chi connectivity index (χ2n) is 3.70.